The van der Waals surface area contributed by atoms with Crippen LogP contribution in [0.15, 0.2) is 24.4 Å². The summed E-state index contributed by atoms with van der Waals surface area (Å²) in [5, 5.41) is 9.43. The second-order valence-corrected chi connectivity index (χ2v) is 3.19. The number of carbonyl (C=O) groups is 1. The van der Waals surface area contributed by atoms with Gasteiger partial charge in [-0.15, -0.1) is 0 Å². The fourth-order valence-electron chi connectivity index (χ4n) is 1.38. The molecule has 5 heteroatoms. The highest BCUT2D eigenvalue weighted by molar-refractivity contribution is 5.81. The van der Waals surface area contributed by atoms with Gasteiger partial charge in [0.1, 0.15) is 0 Å². The van der Waals surface area contributed by atoms with Gasteiger partial charge < -0.3 is 10.8 Å². The topological polar surface area (TPSA) is 89.1 Å². The molecular weight excluding hydrogens is 194 g/mol. The Hall–Kier alpha value is -2.17. The maximum absolute atomic E-state index is 10.5. The highest BCUT2D eigenvalue weighted by Gasteiger charge is 2.02. The average molecular weight is 203 g/mol. The molecule has 0 atom stereocenters. The molecule has 0 radical (unpaired) electrons. The summed E-state index contributed by atoms with van der Waals surface area (Å²) in [6.45, 7) is 0. The van der Waals surface area contributed by atoms with Crippen LogP contribution in [0.1, 0.15) is 5.56 Å². The summed E-state index contributed by atoms with van der Waals surface area (Å²) in [5.41, 5.74) is 6.87. The van der Waals surface area contributed by atoms with Crippen LogP contribution in [0.3, 0.4) is 0 Å². The SMILES string of the molecule is Nc1ncc2cc(CC(=O)O)ccc2n1. The second-order valence-electron chi connectivity index (χ2n) is 3.19. The highest BCUT2D eigenvalue weighted by atomic mass is 16.4. The first kappa shape index (κ1) is 9.39. The number of nitrogens with two attached hydrogens (primary N) is 1. The molecule has 0 amide bonds. The number of nitrogens with zero attached hydrogens (tertiary/aromatic N) is 2. The quantitative estimate of drug-likeness (QED) is 0.754. The van der Waals surface area contributed by atoms with Gasteiger partial charge in [-0.25, -0.2) is 9.97 Å². The number of hydrogen-bond donors (Lipinski definition) is 2. The molecule has 15 heavy (non-hydrogen) atoms. The lowest BCUT2D eigenvalue weighted by atomic mass is 10.1. The summed E-state index contributed by atoms with van der Waals surface area (Å²) in [6, 6.07) is 5.22. The number of aliphatic carboxylic acids is 1. The van der Waals surface area contributed by atoms with Crippen LogP contribution >= 0.6 is 0 Å². The van der Waals surface area contributed by atoms with E-state index in [0.29, 0.717) is 0 Å². The van der Waals surface area contributed by atoms with E-state index in [0.717, 1.165) is 16.5 Å². The molecule has 2 rings (SSSR count). The first-order valence-electron chi connectivity index (χ1n) is 4.38. The maximum Gasteiger partial charge on any atom is 0.307 e. The molecular formula is C10H9N3O2. The molecule has 0 bridgehead atoms. The Labute approximate surface area is 85.6 Å². The third kappa shape index (κ3) is 2.01. The standard InChI is InChI=1S/C10H9N3O2/c11-10-12-5-7-3-6(4-9(14)15)1-2-8(7)13-10/h1-3,5H,4H2,(H,14,15)(H2,11,12,13). The zero-order valence-electron chi connectivity index (χ0n) is 7.84. The Balaban J connectivity index is 2.47. The van der Waals surface area contributed by atoms with Gasteiger partial charge in [-0.3, -0.25) is 4.79 Å². The van der Waals surface area contributed by atoms with Crippen LogP contribution in [0.4, 0.5) is 5.95 Å². The first-order chi connectivity index (χ1) is 7.15. The van der Waals surface area contributed by atoms with Crippen molar-refractivity contribution in [3.63, 3.8) is 0 Å². The van der Waals surface area contributed by atoms with Gasteiger partial charge in [-0.1, -0.05) is 6.07 Å². The van der Waals surface area contributed by atoms with Crippen molar-refractivity contribution in [1.82, 2.24) is 9.97 Å². The van der Waals surface area contributed by atoms with Gasteiger partial charge in [0.05, 0.1) is 11.9 Å². The number of nitrogen functional groups attached to an aromatic ring is 1. The van der Waals surface area contributed by atoms with E-state index in [4.69, 9.17) is 10.8 Å². The molecule has 0 unspecified atom stereocenters. The lowest BCUT2D eigenvalue weighted by Crippen LogP contribution is -2.00. The predicted molar refractivity (Wildman–Crippen MR) is 55.3 cm³/mol. The normalized spacial score (nSPS) is 10.4. The highest BCUT2D eigenvalue weighted by Crippen LogP contribution is 2.14. The van der Waals surface area contributed by atoms with E-state index < -0.39 is 5.97 Å². The molecule has 1 heterocycles. The van der Waals surface area contributed by atoms with E-state index in [1.54, 1.807) is 24.4 Å². The lowest BCUT2D eigenvalue weighted by Gasteiger charge is -2.00. The van der Waals surface area contributed by atoms with Crippen molar-refractivity contribution in [3.8, 4) is 0 Å². The van der Waals surface area contributed by atoms with Gasteiger partial charge in [-0.05, 0) is 17.7 Å². The Morgan fingerprint density at radius 2 is 2.27 bits per heavy atom. The van der Waals surface area contributed by atoms with Crippen LogP contribution in [0.5, 0.6) is 0 Å². The maximum atomic E-state index is 10.5. The fraction of sp³-hybridized carbons (Fsp3) is 0.100. The van der Waals surface area contributed by atoms with E-state index in [-0.39, 0.29) is 12.4 Å². The van der Waals surface area contributed by atoms with Crippen molar-refractivity contribution in [2.45, 2.75) is 6.42 Å². The van der Waals surface area contributed by atoms with Crippen molar-refractivity contribution in [3.05, 3.63) is 30.0 Å². The van der Waals surface area contributed by atoms with E-state index in [9.17, 15) is 4.79 Å². The lowest BCUT2D eigenvalue weighted by molar-refractivity contribution is -0.136. The summed E-state index contributed by atoms with van der Waals surface area (Å²) in [5.74, 6) is -0.640. The minimum Gasteiger partial charge on any atom is -0.481 e. The van der Waals surface area contributed by atoms with Gasteiger partial charge in [0, 0.05) is 11.6 Å². The monoisotopic (exact) mass is 203 g/mol. The van der Waals surface area contributed by atoms with Crippen molar-refractivity contribution in [2.75, 3.05) is 5.73 Å². The summed E-state index contributed by atoms with van der Waals surface area (Å²) < 4.78 is 0. The Morgan fingerprint density at radius 1 is 1.47 bits per heavy atom. The molecule has 0 aliphatic rings. The third-order valence-electron chi connectivity index (χ3n) is 2.02. The molecule has 1 aromatic heterocycles. The van der Waals surface area contributed by atoms with Crippen LogP contribution in [0.25, 0.3) is 10.9 Å². The number of carboxylic acid groups (broad SMARTS) is 1. The Morgan fingerprint density at radius 3 is 3.00 bits per heavy atom. The molecule has 1 aromatic carbocycles. The largest absolute Gasteiger partial charge is 0.481 e. The van der Waals surface area contributed by atoms with Gasteiger partial charge in [-0.2, -0.15) is 0 Å². The number of rotatable bonds is 2. The number of carboxylic acids is 1. The number of fused-ring (bicyclic) bond motifs is 1. The average Bonchev–Trinajstić information content (AvgIpc) is 2.17. The fourth-order valence-corrected chi connectivity index (χ4v) is 1.38. The van der Waals surface area contributed by atoms with Crippen molar-refractivity contribution in [2.24, 2.45) is 0 Å². The van der Waals surface area contributed by atoms with E-state index in [1.807, 2.05) is 0 Å². The zero-order chi connectivity index (χ0) is 10.8. The Kier molecular flexibility index (Phi) is 2.21. The van der Waals surface area contributed by atoms with Crippen LogP contribution < -0.4 is 5.73 Å². The summed E-state index contributed by atoms with van der Waals surface area (Å²) >= 11 is 0. The molecule has 3 N–H and O–H groups in total. The number of benzene rings is 1. The van der Waals surface area contributed by atoms with Crippen LogP contribution in [0, 0.1) is 0 Å². The Bertz CT molecular complexity index is 525. The first-order valence-corrected chi connectivity index (χ1v) is 4.38. The van der Waals surface area contributed by atoms with Crippen LogP contribution in [0.2, 0.25) is 0 Å². The van der Waals surface area contributed by atoms with Crippen LogP contribution in [-0.2, 0) is 11.2 Å². The number of hydrogen-bond acceptors (Lipinski definition) is 4. The van der Waals surface area contributed by atoms with Gasteiger partial charge in [0.15, 0.2) is 0 Å². The molecule has 5 nitrogen and oxygen atoms in total. The minimum absolute atomic E-state index is 0.000314. The second kappa shape index (κ2) is 3.53. The molecule has 76 valence electrons. The van der Waals surface area contributed by atoms with Crippen molar-refractivity contribution >= 4 is 22.8 Å². The molecule has 0 saturated carbocycles. The van der Waals surface area contributed by atoms with Crippen molar-refractivity contribution in [1.29, 1.82) is 0 Å². The number of aromatic nitrogens is 2. The summed E-state index contributed by atoms with van der Waals surface area (Å²) in [6.07, 6.45) is 1.59. The number of anilines is 1. The predicted octanol–water partition coefficient (Wildman–Crippen LogP) is 0.839. The third-order valence-corrected chi connectivity index (χ3v) is 2.02. The molecule has 0 spiro atoms. The smallest absolute Gasteiger partial charge is 0.307 e. The molecule has 0 saturated heterocycles. The summed E-state index contributed by atoms with van der Waals surface area (Å²) in [7, 11) is 0. The van der Waals surface area contributed by atoms with E-state index in [2.05, 4.69) is 9.97 Å². The van der Waals surface area contributed by atoms with E-state index >= 15 is 0 Å². The zero-order valence-corrected chi connectivity index (χ0v) is 7.84. The van der Waals surface area contributed by atoms with Gasteiger partial charge in [0.25, 0.3) is 0 Å². The van der Waals surface area contributed by atoms with E-state index in [1.165, 1.54) is 0 Å². The molecule has 0 aliphatic heterocycles. The van der Waals surface area contributed by atoms with Crippen molar-refractivity contribution < 1.29 is 9.90 Å². The molecule has 0 aliphatic carbocycles. The van der Waals surface area contributed by atoms with Crippen LogP contribution in [-0.4, -0.2) is 21.0 Å². The minimum atomic E-state index is -0.856. The molecule has 0 fully saturated rings. The molecule has 2 aromatic rings. The summed E-state index contributed by atoms with van der Waals surface area (Å²) in [4.78, 5) is 18.4. The van der Waals surface area contributed by atoms with Gasteiger partial charge in [0.2, 0.25) is 5.95 Å². The van der Waals surface area contributed by atoms with Gasteiger partial charge >= 0.3 is 5.97 Å².